The van der Waals surface area contributed by atoms with E-state index in [1.807, 2.05) is 0 Å². The highest BCUT2D eigenvalue weighted by Gasteiger charge is 2.15. The van der Waals surface area contributed by atoms with Gasteiger partial charge in [-0.15, -0.1) is 0 Å². The van der Waals surface area contributed by atoms with Crippen LogP contribution in [0.25, 0.3) is 0 Å². The van der Waals surface area contributed by atoms with Crippen molar-refractivity contribution in [2.75, 3.05) is 56.2 Å². The van der Waals surface area contributed by atoms with Crippen molar-refractivity contribution in [1.29, 1.82) is 0 Å². The van der Waals surface area contributed by atoms with Crippen LogP contribution in [-0.2, 0) is 4.74 Å². The molecular formula is C17H29N5O. The maximum absolute atomic E-state index is 5.40. The first-order valence-corrected chi connectivity index (χ1v) is 8.95. The molecule has 0 radical (unpaired) electrons. The van der Waals surface area contributed by atoms with E-state index in [2.05, 4.69) is 38.1 Å². The Bertz CT molecular complexity index is 470. The second-order valence-electron chi connectivity index (χ2n) is 6.62. The van der Waals surface area contributed by atoms with E-state index in [0.29, 0.717) is 6.04 Å². The van der Waals surface area contributed by atoms with Crippen LogP contribution in [0.3, 0.4) is 0 Å². The molecule has 0 aliphatic carbocycles. The summed E-state index contributed by atoms with van der Waals surface area (Å²) in [5.74, 6) is 1.91. The predicted octanol–water partition coefficient (Wildman–Crippen LogP) is 1.99. The highest BCUT2D eigenvalue weighted by atomic mass is 16.5. The fraction of sp³-hybridized carbons (Fsp3) is 0.765. The molecule has 2 aliphatic heterocycles. The van der Waals surface area contributed by atoms with Crippen molar-refractivity contribution >= 4 is 11.6 Å². The first kappa shape index (κ1) is 16.5. The number of ether oxygens (including phenoxy) is 1. The van der Waals surface area contributed by atoms with Gasteiger partial charge in [-0.1, -0.05) is 12.8 Å². The molecule has 0 unspecified atom stereocenters. The predicted molar refractivity (Wildman–Crippen MR) is 93.1 cm³/mol. The van der Waals surface area contributed by atoms with E-state index in [0.717, 1.165) is 44.5 Å². The molecule has 1 N–H and O–H groups in total. The van der Waals surface area contributed by atoms with Crippen LogP contribution in [-0.4, -0.2) is 66.8 Å². The third-order valence-corrected chi connectivity index (χ3v) is 4.61. The Balaban J connectivity index is 1.54. The SMILES string of the molecule is C[C@H](CN1CCCCCC1)Nc1cc(N2CCOCC2)ncn1. The molecular weight excluding hydrogens is 290 g/mol. The van der Waals surface area contributed by atoms with Crippen LogP contribution in [0.15, 0.2) is 12.4 Å². The molecule has 6 heteroatoms. The third-order valence-electron chi connectivity index (χ3n) is 4.61. The van der Waals surface area contributed by atoms with Crippen molar-refractivity contribution in [1.82, 2.24) is 14.9 Å². The van der Waals surface area contributed by atoms with Gasteiger partial charge in [-0.25, -0.2) is 9.97 Å². The van der Waals surface area contributed by atoms with Gasteiger partial charge < -0.3 is 19.9 Å². The lowest BCUT2D eigenvalue weighted by Gasteiger charge is -2.28. The zero-order valence-electron chi connectivity index (χ0n) is 14.2. The Hall–Kier alpha value is -1.40. The highest BCUT2D eigenvalue weighted by Crippen LogP contribution is 2.16. The molecule has 1 aromatic rings. The Labute approximate surface area is 139 Å². The molecule has 2 aliphatic rings. The number of likely N-dealkylation sites (tertiary alicyclic amines) is 1. The maximum Gasteiger partial charge on any atom is 0.134 e. The summed E-state index contributed by atoms with van der Waals surface area (Å²) in [6.45, 7) is 9.14. The van der Waals surface area contributed by atoms with Gasteiger partial charge in [0.1, 0.15) is 18.0 Å². The normalized spacial score (nSPS) is 21.7. The molecule has 0 saturated carbocycles. The van der Waals surface area contributed by atoms with Gasteiger partial charge in [0.2, 0.25) is 0 Å². The fourth-order valence-electron chi connectivity index (χ4n) is 3.40. The summed E-state index contributed by atoms with van der Waals surface area (Å²) in [5, 5.41) is 3.54. The molecule has 3 heterocycles. The number of hydrogen-bond donors (Lipinski definition) is 1. The Kier molecular flexibility index (Phi) is 6.05. The van der Waals surface area contributed by atoms with Crippen molar-refractivity contribution in [3.8, 4) is 0 Å². The summed E-state index contributed by atoms with van der Waals surface area (Å²) < 4.78 is 5.40. The van der Waals surface area contributed by atoms with Crippen molar-refractivity contribution in [3.05, 3.63) is 12.4 Å². The van der Waals surface area contributed by atoms with Crippen LogP contribution in [0.4, 0.5) is 11.6 Å². The molecule has 2 fully saturated rings. The standard InChI is InChI=1S/C17H29N5O/c1-15(13-21-6-4-2-3-5-7-21)20-16-12-17(19-14-18-16)22-8-10-23-11-9-22/h12,14-15H,2-11,13H2,1H3,(H,18,19,20)/t15-/m1/s1. The maximum atomic E-state index is 5.40. The molecule has 0 spiro atoms. The molecule has 3 rings (SSSR count). The molecule has 0 aromatic carbocycles. The summed E-state index contributed by atoms with van der Waals surface area (Å²) in [6.07, 6.45) is 7.09. The minimum absolute atomic E-state index is 0.389. The highest BCUT2D eigenvalue weighted by molar-refractivity contribution is 5.49. The minimum atomic E-state index is 0.389. The lowest BCUT2D eigenvalue weighted by Crippen LogP contribution is -2.37. The first-order valence-electron chi connectivity index (χ1n) is 8.95. The molecule has 1 aromatic heterocycles. The number of anilines is 2. The van der Waals surface area contributed by atoms with Crippen molar-refractivity contribution in [3.63, 3.8) is 0 Å². The number of morpholine rings is 1. The fourth-order valence-corrected chi connectivity index (χ4v) is 3.40. The quantitative estimate of drug-likeness (QED) is 0.896. The van der Waals surface area contributed by atoms with E-state index >= 15 is 0 Å². The topological polar surface area (TPSA) is 53.5 Å². The molecule has 1 atom stereocenters. The van der Waals surface area contributed by atoms with Gasteiger partial charge in [-0.3, -0.25) is 0 Å². The number of nitrogens with one attached hydrogen (secondary N) is 1. The molecule has 2 saturated heterocycles. The summed E-state index contributed by atoms with van der Waals surface area (Å²) in [5.41, 5.74) is 0. The third kappa shape index (κ3) is 5.04. The number of aromatic nitrogens is 2. The van der Waals surface area contributed by atoms with Crippen LogP contribution in [0.1, 0.15) is 32.6 Å². The van der Waals surface area contributed by atoms with E-state index in [1.54, 1.807) is 6.33 Å². The van der Waals surface area contributed by atoms with E-state index in [-0.39, 0.29) is 0 Å². The van der Waals surface area contributed by atoms with Crippen molar-refractivity contribution in [2.24, 2.45) is 0 Å². The van der Waals surface area contributed by atoms with Crippen LogP contribution in [0, 0.1) is 0 Å². The summed E-state index contributed by atoms with van der Waals surface area (Å²) in [7, 11) is 0. The van der Waals surface area contributed by atoms with Crippen LogP contribution >= 0.6 is 0 Å². The minimum Gasteiger partial charge on any atom is -0.378 e. The van der Waals surface area contributed by atoms with Crippen molar-refractivity contribution in [2.45, 2.75) is 38.6 Å². The van der Waals surface area contributed by atoms with Crippen LogP contribution in [0.2, 0.25) is 0 Å². The van der Waals surface area contributed by atoms with Gasteiger partial charge in [0.15, 0.2) is 0 Å². The van der Waals surface area contributed by atoms with E-state index in [1.165, 1.54) is 38.8 Å². The van der Waals surface area contributed by atoms with Gasteiger partial charge in [-0.2, -0.15) is 0 Å². The van der Waals surface area contributed by atoms with Gasteiger partial charge in [-0.05, 0) is 32.9 Å². The number of nitrogens with zero attached hydrogens (tertiary/aromatic N) is 4. The lowest BCUT2D eigenvalue weighted by atomic mass is 10.2. The number of hydrogen-bond acceptors (Lipinski definition) is 6. The van der Waals surface area contributed by atoms with E-state index in [9.17, 15) is 0 Å². The summed E-state index contributed by atoms with van der Waals surface area (Å²) >= 11 is 0. The average Bonchev–Trinajstić information content (AvgIpc) is 2.84. The smallest absolute Gasteiger partial charge is 0.134 e. The van der Waals surface area contributed by atoms with E-state index in [4.69, 9.17) is 4.74 Å². The monoisotopic (exact) mass is 319 g/mol. The zero-order valence-corrected chi connectivity index (χ0v) is 14.2. The molecule has 0 amide bonds. The van der Waals surface area contributed by atoms with Crippen molar-refractivity contribution < 1.29 is 4.74 Å². The Morgan fingerprint density at radius 2 is 1.83 bits per heavy atom. The second-order valence-corrected chi connectivity index (χ2v) is 6.62. The lowest BCUT2D eigenvalue weighted by molar-refractivity contribution is 0.122. The molecule has 6 nitrogen and oxygen atoms in total. The Morgan fingerprint density at radius 3 is 2.57 bits per heavy atom. The second kappa shape index (κ2) is 8.45. The molecule has 128 valence electrons. The van der Waals surface area contributed by atoms with Gasteiger partial charge >= 0.3 is 0 Å². The van der Waals surface area contributed by atoms with Gasteiger partial charge in [0, 0.05) is 31.7 Å². The average molecular weight is 319 g/mol. The summed E-state index contributed by atoms with van der Waals surface area (Å²) in [4.78, 5) is 13.6. The summed E-state index contributed by atoms with van der Waals surface area (Å²) in [6, 6.07) is 2.45. The zero-order chi connectivity index (χ0) is 15.9. The van der Waals surface area contributed by atoms with Gasteiger partial charge in [0.25, 0.3) is 0 Å². The van der Waals surface area contributed by atoms with Crippen LogP contribution in [0.5, 0.6) is 0 Å². The largest absolute Gasteiger partial charge is 0.378 e. The molecule has 23 heavy (non-hydrogen) atoms. The van der Waals surface area contributed by atoms with Crippen LogP contribution < -0.4 is 10.2 Å². The first-order chi connectivity index (χ1) is 11.3. The van der Waals surface area contributed by atoms with Gasteiger partial charge in [0.05, 0.1) is 13.2 Å². The van der Waals surface area contributed by atoms with E-state index < -0.39 is 0 Å². The molecule has 0 bridgehead atoms. The Morgan fingerprint density at radius 1 is 1.09 bits per heavy atom. The number of rotatable bonds is 5.